The minimum Gasteiger partial charge on any atom is -0.490 e. The summed E-state index contributed by atoms with van der Waals surface area (Å²) in [6, 6.07) is 8.77. The van der Waals surface area contributed by atoms with E-state index in [0.717, 1.165) is 31.2 Å². The molecule has 198 valence electrons. The number of rotatable bonds is 5. The van der Waals surface area contributed by atoms with Crippen molar-refractivity contribution in [2.24, 2.45) is 16.7 Å². The van der Waals surface area contributed by atoms with Crippen LogP contribution in [-0.4, -0.2) is 11.6 Å². The highest BCUT2D eigenvalue weighted by atomic mass is 19.4. The van der Waals surface area contributed by atoms with E-state index in [1.54, 1.807) is 18.2 Å². The summed E-state index contributed by atoms with van der Waals surface area (Å²) < 4.78 is 48.9. The summed E-state index contributed by atoms with van der Waals surface area (Å²) in [5, 5.41) is 4.66. The fraction of sp³-hybridized carbons (Fsp3) is 0.677. The van der Waals surface area contributed by atoms with E-state index in [1.807, 2.05) is 12.1 Å². The van der Waals surface area contributed by atoms with E-state index >= 15 is 0 Å². The normalized spacial score (nSPS) is 31.1. The third-order valence-electron chi connectivity index (χ3n) is 9.81. The summed E-state index contributed by atoms with van der Waals surface area (Å²) >= 11 is 0. The topological polar surface area (TPSA) is 21.3 Å². The molecule has 36 heavy (non-hydrogen) atoms. The molecule has 0 aliphatic heterocycles. The quantitative estimate of drug-likeness (QED) is 0.441. The van der Waals surface area contributed by atoms with Crippen molar-refractivity contribution in [2.45, 2.75) is 116 Å². The van der Waals surface area contributed by atoms with Crippen molar-refractivity contribution in [2.75, 3.05) is 0 Å². The Morgan fingerprint density at radius 1 is 0.889 bits per heavy atom. The van der Waals surface area contributed by atoms with Crippen LogP contribution in [0.25, 0.3) is 10.8 Å². The number of alkyl halides is 3. The zero-order valence-electron chi connectivity index (χ0n) is 22.4. The van der Waals surface area contributed by atoms with Crippen molar-refractivity contribution >= 4 is 10.8 Å². The standard InChI is InChI=1S/C31H42F3NO/c1-28(2,3)23-7-9-24(10-8-23)36-26-12-6-22-19-21(5-11-25(22)27(26)31(32,33)34)20-35-30-16-13-29(4,14-17-30)15-18-30/h5-6,11-12,19,23-24,35H,7-10,13-18,20H2,1-4H3. The van der Waals surface area contributed by atoms with E-state index in [1.165, 1.54) is 38.5 Å². The van der Waals surface area contributed by atoms with Crippen molar-refractivity contribution in [1.82, 2.24) is 5.32 Å². The highest BCUT2D eigenvalue weighted by Crippen LogP contribution is 2.52. The average Bonchev–Trinajstić information content (AvgIpc) is 2.82. The number of ether oxygens (including phenoxy) is 1. The van der Waals surface area contributed by atoms with Crippen LogP contribution in [0.5, 0.6) is 5.75 Å². The van der Waals surface area contributed by atoms with E-state index < -0.39 is 11.7 Å². The van der Waals surface area contributed by atoms with E-state index in [0.29, 0.717) is 23.3 Å². The van der Waals surface area contributed by atoms with Gasteiger partial charge in [-0.3, -0.25) is 0 Å². The van der Waals surface area contributed by atoms with Crippen molar-refractivity contribution in [3.05, 3.63) is 41.5 Å². The van der Waals surface area contributed by atoms with Gasteiger partial charge in [0.2, 0.25) is 0 Å². The van der Waals surface area contributed by atoms with Gasteiger partial charge in [-0.2, -0.15) is 13.2 Å². The molecule has 0 amide bonds. The fourth-order valence-electron chi connectivity index (χ4n) is 7.01. The summed E-state index contributed by atoms with van der Waals surface area (Å²) in [7, 11) is 0. The van der Waals surface area contributed by atoms with Gasteiger partial charge in [-0.1, -0.05) is 45.9 Å². The lowest BCUT2D eigenvalue weighted by atomic mass is 9.58. The third kappa shape index (κ3) is 5.28. The molecule has 2 aromatic carbocycles. The molecule has 1 N–H and O–H groups in total. The smallest absolute Gasteiger partial charge is 0.420 e. The third-order valence-corrected chi connectivity index (χ3v) is 9.81. The molecule has 4 aliphatic rings. The van der Waals surface area contributed by atoms with Crippen LogP contribution >= 0.6 is 0 Å². The average molecular weight is 502 g/mol. The first-order valence-electron chi connectivity index (χ1n) is 13.9. The molecule has 0 radical (unpaired) electrons. The van der Waals surface area contributed by atoms with Crippen LogP contribution in [-0.2, 0) is 12.7 Å². The highest BCUT2D eigenvalue weighted by Gasteiger charge is 2.45. The van der Waals surface area contributed by atoms with Gasteiger partial charge in [0.15, 0.2) is 0 Å². The molecule has 5 heteroatoms. The van der Waals surface area contributed by atoms with Gasteiger partial charge >= 0.3 is 6.18 Å². The zero-order valence-corrected chi connectivity index (χ0v) is 22.4. The molecule has 2 bridgehead atoms. The maximum atomic E-state index is 14.3. The lowest BCUT2D eigenvalue weighted by Crippen LogP contribution is -2.53. The van der Waals surface area contributed by atoms with Crippen LogP contribution in [0.2, 0.25) is 0 Å². The Bertz CT molecular complexity index is 1070. The van der Waals surface area contributed by atoms with Gasteiger partial charge < -0.3 is 10.1 Å². The summed E-state index contributed by atoms with van der Waals surface area (Å²) in [6.07, 6.45) is 6.42. The van der Waals surface area contributed by atoms with Gasteiger partial charge in [0.1, 0.15) is 11.3 Å². The molecular formula is C31H42F3NO. The number of nitrogens with one attached hydrogen (secondary N) is 1. The van der Waals surface area contributed by atoms with Crippen LogP contribution in [0.4, 0.5) is 13.2 Å². The Hall–Kier alpha value is -1.75. The van der Waals surface area contributed by atoms with Crippen LogP contribution in [0.1, 0.15) is 103 Å². The fourth-order valence-corrected chi connectivity index (χ4v) is 7.01. The minimum atomic E-state index is -4.47. The SMILES string of the molecule is CC12CCC(NCc3ccc4c(C(F)(F)F)c(OC5CCC(C(C)(C)C)CC5)ccc4c3)(CC1)CC2. The van der Waals surface area contributed by atoms with Gasteiger partial charge in [0.05, 0.1) is 6.10 Å². The van der Waals surface area contributed by atoms with Gasteiger partial charge in [-0.15, -0.1) is 0 Å². The van der Waals surface area contributed by atoms with E-state index in [4.69, 9.17) is 4.74 Å². The van der Waals surface area contributed by atoms with E-state index in [9.17, 15) is 13.2 Å². The molecule has 0 aromatic heterocycles. The molecule has 4 aliphatic carbocycles. The molecule has 4 fully saturated rings. The molecule has 0 atom stereocenters. The molecule has 0 saturated heterocycles. The molecule has 0 unspecified atom stereocenters. The molecule has 2 nitrogen and oxygen atoms in total. The second-order valence-electron chi connectivity index (χ2n) is 13.4. The summed E-state index contributed by atoms with van der Waals surface area (Å²) in [4.78, 5) is 0. The van der Waals surface area contributed by atoms with Crippen molar-refractivity contribution < 1.29 is 17.9 Å². The molecular weight excluding hydrogens is 459 g/mol. The maximum Gasteiger partial charge on any atom is 0.420 e. The van der Waals surface area contributed by atoms with Crippen LogP contribution in [0.3, 0.4) is 0 Å². The van der Waals surface area contributed by atoms with E-state index in [2.05, 4.69) is 33.0 Å². The van der Waals surface area contributed by atoms with Gasteiger partial charge in [-0.05, 0) is 109 Å². The first-order valence-corrected chi connectivity index (χ1v) is 13.9. The number of fused-ring (bicyclic) bond motifs is 4. The molecule has 0 heterocycles. The minimum absolute atomic E-state index is 0.0218. The van der Waals surface area contributed by atoms with Gasteiger partial charge in [0.25, 0.3) is 0 Å². The molecule has 4 saturated carbocycles. The number of hydrogen-bond acceptors (Lipinski definition) is 2. The van der Waals surface area contributed by atoms with Crippen molar-refractivity contribution in [3.8, 4) is 5.75 Å². The Kier molecular flexibility index (Phi) is 6.63. The second kappa shape index (κ2) is 9.22. The Morgan fingerprint density at radius 3 is 2.11 bits per heavy atom. The second-order valence-corrected chi connectivity index (χ2v) is 13.4. The van der Waals surface area contributed by atoms with E-state index in [-0.39, 0.29) is 28.2 Å². The van der Waals surface area contributed by atoms with Gasteiger partial charge in [0, 0.05) is 12.1 Å². The lowest BCUT2D eigenvalue weighted by Gasteiger charge is -2.52. The highest BCUT2D eigenvalue weighted by molar-refractivity contribution is 5.89. The van der Waals surface area contributed by atoms with Crippen molar-refractivity contribution in [1.29, 1.82) is 0 Å². The number of halogens is 3. The zero-order chi connectivity index (χ0) is 25.8. The van der Waals surface area contributed by atoms with Crippen LogP contribution in [0.15, 0.2) is 30.3 Å². The summed E-state index contributed by atoms with van der Waals surface area (Å²) in [6.45, 7) is 9.84. The monoisotopic (exact) mass is 501 g/mol. The number of hydrogen-bond donors (Lipinski definition) is 1. The Labute approximate surface area is 214 Å². The van der Waals surface area contributed by atoms with Crippen molar-refractivity contribution in [3.63, 3.8) is 0 Å². The van der Waals surface area contributed by atoms with Crippen LogP contribution in [0, 0.1) is 16.7 Å². The predicted octanol–water partition coefficient (Wildman–Crippen LogP) is 9.04. The Balaban J connectivity index is 1.32. The van der Waals surface area contributed by atoms with Crippen LogP contribution < -0.4 is 10.1 Å². The predicted molar refractivity (Wildman–Crippen MR) is 140 cm³/mol. The number of benzene rings is 2. The molecule has 0 spiro atoms. The molecule has 2 aromatic rings. The first-order chi connectivity index (χ1) is 16.9. The largest absolute Gasteiger partial charge is 0.490 e. The first kappa shape index (κ1) is 25.9. The maximum absolute atomic E-state index is 14.3. The molecule has 6 rings (SSSR count). The summed E-state index contributed by atoms with van der Waals surface area (Å²) in [5.74, 6) is 0.570. The lowest BCUT2D eigenvalue weighted by molar-refractivity contribution is -0.138. The Morgan fingerprint density at radius 2 is 1.53 bits per heavy atom. The van der Waals surface area contributed by atoms with Gasteiger partial charge in [-0.25, -0.2) is 0 Å². The summed E-state index contributed by atoms with van der Waals surface area (Å²) in [5.41, 5.74) is 1.36.